The summed E-state index contributed by atoms with van der Waals surface area (Å²) in [4.78, 5) is 0. The van der Waals surface area contributed by atoms with Crippen molar-refractivity contribution in [3.05, 3.63) is 28.3 Å². The van der Waals surface area contributed by atoms with E-state index in [1.165, 1.54) is 25.7 Å². The molecule has 1 fully saturated rings. The molecule has 1 N–H and O–H groups in total. The fraction of sp³-hybridized carbons (Fsp3) is 0.647. The average Bonchev–Trinajstić information content (AvgIpc) is 2.41. The van der Waals surface area contributed by atoms with Crippen LogP contribution in [0.5, 0.6) is 5.75 Å². The third-order valence-corrected chi connectivity index (χ3v) is 4.75. The molecule has 20 heavy (non-hydrogen) atoms. The smallest absolute Gasteiger partial charge is 0.119 e. The van der Waals surface area contributed by atoms with Gasteiger partial charge < -0.3 is 10.1 Å². The van der Waals surface area contributed by atoms with Gasteiger partial charge in [-0.05, 0) is 55.9 Å². The Morgan fingerprint density at radius 2 is 1.95 bits per heavy atom. The molecule has 1 aliphatic rings. The largest absolute Gasteiger partial charge is 0.492 e. The van der Waals surface area contributed by atoms with E-state index in [0.29, 0.717) is 12.6 Å². The van der Waals surface area contributed by atoms with Crippen LogP contribution < -0.4 is 10.1 Å². The summed E-state index contributed by atoms with van der Waals surface area (Å²) in [6.07, 6.45) is 5.36. The van der Waals surface area contributed by atoms with Gasteiger partial charge in [0.15, 0.2) is 0 Å². The maximum Gasteiger partial charge on any atom is 0.119 e. The monoisotopic (exact) mass is 295 g/mol. The number of nitrogens with one attached hydrogen (secondary N) is 1. The van der Waals surface area contributed by atoms with Gasteiger partial charge in [0.1, 0.15) is 12.4 Å². The van der Waals surface area contributed by atoms with Gasteiger partial charge in [0, 0.05) is 17.6 Å². The van der Waals surface area contributed by atoms with E-state index in [0.717, 1.165) is 34.4 Å². The van der Waals surface area contributed by atoms with E-state index in [4.69, 9.17) is 16.3 Å². The summed E-state index contributed by atoms with van der Waals surface area (Å²) in [7, 11) is 0. The van der Waals surface area contributed by atoms with Crippen molar-refractivity contribution in [2.45, 2.75) is 52.5 Å². The van der Waals surface area contributed by atoms with Crippen molar-refractivity contribution in [1.29, 1.82) is 0 Å². The van der Waals surface area contributed by atoms with Crippen molar-refractivity contribution in [3.8, 4) is 5.75 Å². The Balaban J connectivity index is 1.73. The first-order valence-corrected chi connectivity index (χ1v) is 8.07. The van der Waals surface area contributed by atoms with Crippen LogP contribution in [-0.4, -0.2) is 19.2 Å². The molecule has 0 amide bonds. The van der Waals surface area contributed by atoms with Crippen LogP contribution in [0.1, 0.15) is 43.7 Å². The zero-order chi connectivity index (χ0) is 14.5. The molecule has 1 aliphatic carbocycles. The number of halogens is 1. The first-order valence-electron chi connectivity index (χ1n) is 7.69. The Kier molecular flexibility index (Phi) is 5.74. The van der Waals surface area contributed by atoms with Crippen LogP contribution in [0.2, 0.25) is 5.02 Å². The number of hydrogen-bond acceptors (Lipinski definition) is 2. The molecule has 0 aliphatic heterocycles. The number of rotatable bonds is 5. The van der Waals surface area contributed by atoms with Crippen LogP contribution in [0.25, 0.3) is 0 Å². The lowest BCUT2D eigenvalue weighted by atomic mass is 9.87. The van der Waals surface area contributed by atoms with E-state index in [1.54, 1.807) is 0 Å². The summed E-state index contributed by atoms with van der Waals surface area (Å²) in [5.74, 6) is 1.78. The maximum atomic E-state index is 6.16. The molecular weight excluding hydrogens is 270 g/mol. The highest BCUT2D eigenvalue weighted by molar-refractivity contribution is 6.32. The van der Waals surface area contributed by atoms with E-state index in [-0.39, 0.29) is 0 Å². The van der Waals surface area contributed by atoms with Crippen molar-refractivity contribution < 1.29 is 4.74 Å². The fourth-order valence-corrected chi connectivity index (χ4v) is 3.15. The minimum atomic E-state index is 0.677. The molecule has 3 heteroatoms. The van der Waals surface area contributed by atoms with Gasteiger partial charge in [-0.25, -0.2) is 0 Å². The van der Waals surface area contributed by atoms with E-state index < -0.39 is 0 Å². The van der Waals surface area contributed by atoms with Gasteiger partial charge in [-0.2, -0.15) is 0 Å². The molecule has 112 valence electrons. The highest BCUT2D eigenvalue weighted by Gasteiger charge is 2.17. The van der Waals surface area contributed by atoms with Crippen LogP contribution in [0, 0.1) is 19.8 Å². The second-order valence-electron chi connectivity index (χ2n) is 6.14. The lowest BCUT2D eigenvalue weighted by Crippen LogP contribution is -2.36. The molecule has 0 saturated heterocycles. The Bertz CT molecular complexity index is 424. The van der Waals surface area contributed by atoms with Gasteiger partial charge in [0.25, 0.3) is 0 Å². The fourth-order valence-electron chi connectivity index (χ4n) is 3.04. The van der Waals surface area contributed by atoms with Gasteiger partial charge in [-0.3, -0.25) is 0 Å². The minimum Gasteiger partial charge on any atom is -0.492 e. The first-order chi connectivity index (χ1) is 9.56. The Labute approximate surface area is 127 Å². The molecule has 0 radical (unpaired) electrons. The molecule has 0 spiro atoms. The molecule has 0 bridgehead atoms. The summed E-state index contributed by atoms with van der Waals surface area (Å²) in [6.45, 7) is 8.01. The predicted octanol–water partition coefficient (Wildman–Crippen LogP) is 4.50. The normalized spacial score (nSPS) is 22.8. The van der Waals surface area contributed by atoms with Gasteiger partial charge in [-0.1, -0.05) is 31.4 Å². The van der Waals surface area contributed by atoms with Crippen molar-refractivity contribution in [2.75, 3.05) is 13.2 Å². The molecule has 0 aromatic heterocycles. The maximum absolute atomic E-state index is 6.16. The number of ether oxygens (including phenoxy) is 1. The molecule has 0 heterocycles. The molecule has 1 saturated carbocycles. The predicted molar refractivity (Wildman–Crippen MR) is 85.8 cm³/mol. The van der Waals surface area contributed by atoms with Crippen molar-refractivity contribution >= 4 is 11.6 Å². The standard InChI is InChI=1S/C17H26ClNO/c1-12-5-4-6-15(9-12)19-7-8-20-16-10-13(2)17(18)14(3)11-16/h10-12,15,19H,4-9H2,1-3H3. The van der Waals surface area contributed by atoms with Crippen LogP contribution in [-0.2, 0) is 0 Å². The molecule has 2 unspecified atom stereocenters. The van der Waals surface area contributed by atoms with Gasteiger partial charge in [0.05, 0.1) is 0 Å². The quantitative estimate of drug-likeness (QED) is 0.807. The molecule has 2 atom stereocenters. The van der Waals surface area contributed by atoms with Crippen molar-refractivity contribution in [1.82, 2.24) is 5.32 Å². The van der Waals surface area contributed by atoms with Crippen molar-refractivity contribution in [3.63, 3.8) is 0 Å². The number of hydrogen-bond donors (Lipinski definition) is 1. The number of aryl methyl sites for hydroxylation is 2. The van der Waals surface area contributed by atoms with Gasteiger partial charge >= 0.3 is 0 Å². The van der Waals surface area contributed by atoms with Crippen LogP contribution in [0.4, 0.5) is 0 Å². The molecular formula is C17H26ClNO. The summed E-state index contributed by atoms with van der Waals surface area (Å²) in [5.41, 5.74) is 2.16. The SMILES string of the molecule is Cc1cc(OCCNC2CCCC(C)C2)cc(C)c1Cl. The van der Waals surface area contributed by atoms with E-state index >= 15 is 0 Å². The second-order valence-corrected chi connectivity index (χ2v) is 6.52. The Hall–Kier alpha value is -0.730. The third kappa shape index (κ3) is 4.39. The van der Waals surface area contributed by atoms with Crippen LogP contribution >= 0.6 is 11.6 Å². The molecule has 1 aromatic rings. The zero-order valence-electron chi connectivity index (χ0n) is 12.8. The van der Waals surface area contributed by atoms with Crippen LogP contribution in [0.3, 0.4) is 0 Å². The summed E-state index contributed by atoms with van der Waals surface area (Å²) >= 11 is 6.16. The first kappa shape index (κ1) is 15.7. The highest BCUT2D eigenvalue weighted by Crippen LogP contribution is 2.26. The van der Waals surface area contributed by atoms with Crippen LogP contribution in [0.15, 0.2) is 12.1 Å². The lowest BCUT2D eigenvalue weighted by molar-refractivity contribution is 0.266. The summed E-state index contributed by atoms with van der Waals surface area (Å²) in [5, 5.41) is 4.45. The number of benzene rings is 1. The molecule has 2 nitrogen and oxygen atoms in total. The summed E-state index contributed by atoms with van der Waals surface area (Å²) in [6, 6.07) is 4.70. The van der Waals surface area contributed by atoms with Gasteiger partial charge in [-0.15, -0.1) is 0 Å². The topological polar surface area (TPSA) is 21.3 Å². The molecule has 1 aromatic carbocycles. The zero-order valence-corrected chi connectivity index (χ0v) is 13.6. The second kappa shape index (κ2) is 7.33. The lowest BCUT2D eigenvalue weighted by Gasteiger charge is -2.27. The highest BCUT2D eigenvalue weighted by atomic mass is 35.5. The van der Waals surface area contributed by atoms with E-state index in [1.807, 2.05) is 26.0 Å². The Morgan fingerprint density at radius 1 is 1.25 bits per heavy atom. The van der Waals surface area contributed by atoms with Gasteiger partial charge in [0.2, 0.25) is 0 Å². The minimum absolute atomic E-state index is 0.677. The van der Waals surface area contributed by atoms with E-state index in [2.05, 4.69) is 12.2 Å². The Morgan fingerprint density at radius 3 is 2.60 bits per heavy atom. The van der Waals surface area contributed by atoms with Crippen molar-refractivity contribution in [2.24, 2.45) is 5.92 Å². The average molecular weight is 296 g/mol. The summed E-state index contributed by atoms with van der Waals surface area (Å²) < 4.78 is 5.82. The molecule has 2 rings (SSSR count). The van der Waals surface area contributed by atoms with E-state index in [9.17, 15) is 0 Å². The third-order valence-electron chi connectivity index (χ3n) is 4.15.